The van der Waals surface area contributed by atoms with Crippen LogP contribution in [0.5, 0.6) is 5.75 Å². The number of hydrogen-bond acceptors (Lipinski definition) is 6. The summed E-state index contributed by atoms with van der Waals surface area (Å²) >= 11 is 0. The van der Waals surface area contributed by atoms with Crippen molar-refractivity contribution >= 4 is 26.6 Å². The van der Waals surface area contributed by atoms with Gasteiger partial charge in [0.2, 0.25) is 0 Å². The first-order valence-electron chi connectivity index (χ1n) is 8.31. The van der Waals surface area contributed by atoms with Gasteiger partial charge in [0.1, 0.15) is 16.3 Å². The molecule has 0 aliphatic carbocycles. The topological polar surface area (TPSA) is 115 Å². The molecule has 4 aromatic rings. The quantitative estimate of drug-likeness (QED) is 0.474. The largest absolute Gasteiger partial charge is 0.506 e. The molecule has 0 radical (unpaired) electrons. The summed E-state index contributed by atoms with van der Waals surface area (Å²) in [5, 5.41) is 18.6. The first-order valence-corrected chi connectivity index (χ1v) is 9.79. The highest BCUT2D eigenvalue weighted by molar-refractivity contribution is 7.92. The molecule has 3 aromatic heterocycles. The normalized spacial score (nSPS) is 12.4. The molecular weight excluding hydrogens is 425 g/mol. The number of nitrogens with zero attached hydrogens (tertiary/aromatic N) is 5. The molecule has 0 saturated carbocycles. The van der Waals surface area contributed by atoms with Crippen molar-refractivity contribution < 1.29 is 26.7 Å². The van der Waals surface area contributed by atoms with Crippen LogP contribution in [0, 0.1) is 0 Å². The van der Waals surface area contributed by atoms with Gasteiger partial charge in [-0.15, -0.1) is 0 Å². The highest BCUT2D eigenvalue weighted by Crippen LogP contribution is 2.34. The number of fused-ring (bicyclic) bond motifs is 1. The van der Waals surface area contributed by atoms with Crippen LogP contribution in [0.2, 0.25) is 0 Å². The van der Waals surface area contributed by atoms with Gasteiger partial charge >= 0.3 is 6.18 Å². The van der Waals surface area contributed by atoms with Crippen LogP contribution in [0.3, 0.4) is 0 Å². The van der Waals surface area contributed by atoms with Gasteiger partial charge < -0.3 is 5.11 Å². The molecule has 0 unspecified atom stereocenters. The lowest BCUT2D eigenvalue weighted by Gasteiger charge is -2.10. The second-order valence-corrected chi connectivity index (χ2v) is 7.97. The van der Waals surface area contributed by atoms with Crippen LogP contribution in [-0.4, -0.2) is 38.1 Å². The summed E-state index contributed by atoms with van der Waals surface area (Å²) in [5.74, 6) is -0.524. The Bertz CT molecular complexity index is 1360. The van der Waals surface area contributed by atoms with Crippen LogP contribution < -0.4 is 4.72 Å². The zero-order valence-corrected chi connectivity index (χ0v) is 16.0. The lowest BCUT2D eigenvalue weighted by atomic mass is 10.2. The van der Waals surface area contributed by atoms with Gasteiger partial charge in [0.05, 0.1) is 29.7 Å². The summed E-state index contributed by atoms with van der Waals surface area (Å²) in [4.78, 5) is 3.46. The van der Waals surface area contributed by atoms with Crippen LogP contribution in [0.1, 0.15) is 5.56 Å². The van der Waals surface area contributed by atoms with Gasteiger partial charge in [-0.1, -0.05) is 0 Å². The summed E-state index contributed by atoms with van der Waals surface area (Å²) in [6.45, 7) is 0. The van der Waals surface area contributed by atoms with E-state index in [4.69, 9.17) is 0 Å². The molecule has 13 heteroatoms. The van der Waals surface area contributed by atoms with Crippen molar-refractivity contribution in [2.24, 2.45) is 7.05 Å². The highest BCUT2D eigenvalue weighted by atomic mass is 32.2. The van der Waals surface area contributed by atoms with Crippen molar-refractivity contribution in [3.8, 4) is 11.6 Å². The fourth-order valence-corrected chi connectivity index (χ4v) is 3.85. The minimum Gasteiger partial charge on any atom is -0.506 e. The van der Waals surface area contributed by atoms with E-state index in [-0.39, 0.29) is 22.2 Å². The van der Waals surface area contributed by atoms with E-state index in [0.29, 0.717) is 10.9 Å². The summed E-state index contributed by atoms with van der Waals surface area (Å²) < 4.78 is 68.9. The number of benzene rings is 1. The minimum absolute atomic E-state index is 0.0857. The Kier molecular flexibility index (Phi) is 4.42. The Morgan fingerprint density at radius 1 is 1.13 bits per heavy atom. The Morgan fingerprint density at radius 2 is 1.90 bits per heavy atom. The lowest BCUT2D eigenvalue weighted by Crippen LogP contribution is -2.13. The monoisotopic (exact) mass is 438 g/mol. The molecular formula is C17H13F3N6O3S. The van der Waals surface area contributed by atoms with Crippen molar-refractivity contribution in [3.63, 3.8) is 0 Å². The van der Waals surface area contributed by atoms with Gasteiger partial charge in [-0.25, -0.2) is 18.1 Å². The van der Waals surface area contributed by atoms with E-state index < -0.39 is 21.8 Å². The number of alkyl halides is 3. The number of phenols is 1. The average molecular weight is 438 g/mol. The molecule has 3 heterocycles. The molecule has 0 fully saturated rings. The van der Waals surface area contributed by atoms with Gasteiger partial charge in [-0.05, 0) is 24.3 Å². The van der Waals surface area contributed by atoms with Crippen LogP contribution in [0.15, 0.2) is 53.9 Å². The summed E-state index contributed by atoms with van der Waals surface area (Å²) in [7, 11) is -2.65. The van der Waals surface area contributed by atoms with E-state index >= 15 is 0 Å². The number of halogens is 3. The van der Waals surface area contributed by atoms with Gasteiger partial charge in [0.25, 0.3) is 10.0 Å². The maximum atomic E-state index is 12.9. The Balaban J connectivity index is 1.71. The van der Waals surface area contributed by atoms with Gasteiger partial charge in [0.15, 0.2) is 5.82 Å². The number of anilines is 1. The maximum absolute atomic E-state index is 12.9. The SMILES string of the molecule is Cn1ncc2ccc(O)c(NS(=O)(=O)c3cnn(-c4cc(C(F)(F)F)ccn4)c3)c21. The second-order valence-electron chi connectivity index (χ2n) is 6.29. The van der Waals surface area contributed by atoms with Crippen LogP contribution in [0.25, 0.3) is 16.7 Å². The number of aryl methyl sites for hydroxylation is 1. The van der Waals surface area contributed by atoms with Crippen LogP contribution in [0.4, 0.5) is 18.9 Å². The van der Waals surface area contributed by atoms with Gasteiger partial charge in [-0.3, -0.25) is 9.40 Å². The Hall–Kier alpha value is -3.61. The lowest BCUT2D eigenvalue weighted by molar-refractivity contribution is -0.137. The van der Waals surface area contributed by atoms with E-state index in [9.17, 15) is 26.7 Å². The van der Waals surface area contributed by atoms with Crippen molar-refractivity contribution in [2.75, 3.05) is 4.72 Å². The molecule has 0 spiro atoms. The van der Waals surface area contributed by atoms with E-state index in [2.05, 4.69) is 19.9 Å². The maximum Gasteiger partial charge on any atom is 0.416 e. The predicted molar refractivity (Wildman–Crippen MR) is 99.5 cm³/mol. The molecule has 0 aliphatic heterocycles. The van der Waals surface area contributed by atoms with E-state index in [1.807, 2.05) is 0 Å². The van der Waals surface area contributed by atoms with Crippen LogP contribution >= 0.6 is 0 Å². The number of pyridine rings is 1. The first-order chi connectivity index (χ1) is 14.1. The number of aromatic nitrogens is 5. The van der Waals surface area contributed by atoms with Crippen molar-refractivity contribution in [2.45, 2.75) is 11.1 Å². The standard InChI is InChI=1S/C17H13F3N6O3S/c1-25-16-10(7-22-25)2-3-13(27)15(16)24-30(28,29)12-8-23-26(9-12)14-6-11(4-5-21-14)17(18,19)20/h2-9,24,27H,1H3. The van der Waals surface area contributed by atoms with Crippen molar-refractivity contribution in [3.05, 3.63) is 54.6 Å². The van der Waals surface area contributed by atoms with E-state index in [1.54, 1.807) is 13.1 Å². The third-order valence-corrected chi connectivity index (χ3v) is 5.60. The summed E-state index contributed by atoms with van der Waals surface area (Å²) in [5.41, 5.74) is -0.679. The molecule has 0 saturated heterocycles. The zero-order valence-electron chi connectivity index (χ0n) is 15.2. The fourth-order valence-electron chi connectivity index (χ4n) is 2.84. The fraction of sp³-hybridized carbons (Fsp3) is 0.118. The first kappa shape index (κ1) is 19.7. The summed E-state index contributed by atoms with van der Waals surface area (Å²) in [6, 6.07) is 4.44. The van der Waals surface area contributed by atoms with Gasteiger partial charge in [-0.2, -0.15) is 23.4 Å². The molecule has 1 aromatic carbocycles. The van der Waals surface area contributed by atoms with Gasteiger partial charge in [0, 0.05) is 18.6 Å². The number of hydrogen-bond donors (Lipinski definition) is 2. The minimum atomic E-state index is -4.58. The second kappa shape index (κ2) is 6.73. The van der Waals surface area contributed by atoms with Crippen molar-refractivity contribution in [1.82, 2.24) is 24.5 Å². The molecule has 9 nitrogen and oxygen atoms in total. The Labute approximate surface area is 167 Å². The molecule has 0 amide bonds. The molecule has 0 bridgehead atoms. The average Bonchev–Trinajstić information content (AvgIpc) is 3.32. The molecule has 0 aliphatic rings. The molecule has 30 heavy (non-hydrogen) atoms. The number of sulfonamides is 1. The third-order valence-electron chi connectivity index (χ3n) is 4.29. The molecule has 2 N–H and O–H groups in total. The van der Waals surface area contributed by atoms with Crippen LogP contribution in [-0.2, 0) is 23.2 Å². The van der Waals surface area contributed by atoms with E-state index in [0.717, 1.165) is 35.4 Å². The Morgan fingerprint density at radius 3 is 2.63 bits per heavy atom. The highest BCUT2D eigenvalue weighted by Gasteiger charge is 2.31. The zero-order chi connectivity index (χ0) is 21.7. The molecule has 4 rings (SSSR count). The molecule has 156 valence electrons. The molecule has 0 atom stereocenters. The number of nitrogens with one attached hydrogen (secondary N) is 1. The predicted octanol–water partition coefficient (Wildman–Crippen LogP) is 2.68. The van der Waals surface area contributed by atoms with E-state index in [1.165, 1.54) is 16.9 Å². The van der Waals surface area contributed by atoms with Crippen molar-refractivity contribution in [1.29, 1.82) is 0 Å². The third kappa shape index (κ3) is 3.43. The number of rotatable bonds is 4. The summed E-state index contributed by atoms with van der Waals surface area (Å²) in [6.07, 6.45) is -0.145. The smallest absolute Gasteiger partial charge is 0.416 e. The number of phenolic OH excluding ortho intramolecular Hbond substituents is 1. The number of aromatic hydroxyl groups is 1.